The van der Waals surface area contributed by atoms with Gasteiger partial charge in [-0.3, -0.25) is 15.1 Å². The fraction of sp³-hybridized carbons (Fsp3) is 0.400. The van der Waals surface area contributed by atoms with Crippen LogP contribution in [0.4, 0.5) is 11.4 Å². The van der Waals surface area contributed by atoms with Crippen LogP contribution in [0.15, 0.2) is 30.5 Å². The van der Waals surface area contributed by atoms with E-state index in [0.29, 0.717) is 10.9 Å². The lowest BCUT2D eigenvalue weighted by atomic mass is 9.98. The molecule has 6 heteroatoms. The molecule has 6 nitrogen and oxygen atoms in total. The van der Waals surface area contributed by atoms with Crippen LogP contribution in [0.5, 0.6) is 0 Å². The van der Waals surface area contributed by atoms with Crippen molar-refractivity contribution in [1.29, 1.82) is 0 Å². The second-order valence-corrected chi connectivity index (χ2v) is 5.40. The van der Waals surface area contributed by atoms with Gasteiger partial charge >= 0.3 is 0 Å². The molecule has 1 aliphatic heterocycles. The van der Waals surface area contributed by atoms with Gasteiger partial charge in [0.1, 0.15) is 5.52 Å². The Hall–Kier alpha value is -2.21. The first-order valence-corrected chi connectivity index (χ1v) is 7.08. The number of pyridine rings is 1. The fourth-order valence-corrected chi connectivity index (χ4v) is 2.99. The highest BCUT2D eigenvalue weighted by atomic mass is 16.6. The smallest absolute Gasteiger partial charge is 0.278 e. The predicted molar refractivity (Wildman–Crippen MR) is 80.4 cm³/mol. The molecule has 0 aliphatic carbocycles. The first-order chi connectivity index (χ1) is 10.2. The maximum atomic E-state index is 11.1. The Morgan fingerprint density at radius 1 is 1.43 bits per heavy atom. The van der Waals surface area contributed by atoms with Crippen molar-refractivity contribution in [2.24, 2.45) is 5.92 Å². The van der Waals surface area contributed by atoms with E-state index in [1.54, 1.807) is 30.5 Å². The Morgan fingerprint density at radius 3 is 3.05 bits per heavy atom. The van der Waals surface area contributed by atoms with Crippen LogP contribution in [0, 0.1) is 16.0 Å². The molecule has 0 amide bonds. The summed E-state index contributed by atoms with van der Waals surface area (Å²) in [6.45, 7) is 1.83. The maximum absolute atomic E-state index is 11.1. The number of nitro benzene ring substituents is 1. The minimum atomic E-state index is -0.374. The number of rotatable bonds is 3. The van der Waals surface area contributed by atoms with Crippen molar-refractivity contribution >= 4 is 22.3 Å². The van der Waals surface area contributed by atoms with Crippen LogP contribution in [0.25, 0.3) is 10.9 Å². The van der Waals surface area contributed by atoms with E-state index < -0.39 is 0 Å². The summed E-state index contributed by atoms with van der Waals surface area (Å²) >= 11 is 0. The van der Waals surface area contributed by atoms with Crippen LogP contribution in [0.3, 0.4) is 0 Å². The summed E-state index contributed by atoms with van der Waals surface area (Å²) in [6, 6.07) is 6.76. The lowest BCUT2D eigenvalue weighted by Gasteiger charge is -2.33. The molecule has 1 fully saturated rings. The van der Waals surface area contributed by atoms with Gasteiger partial charge in [0.2, 0.25) is 0 Å². The summed E-state index contributed by atoms with van der Waals surface area (Å²) in [4.78, 5) is 17.3. The van der Waals surface area contributed by atoms with Crippen molar-refractivity contribution in [3.8, 4) is 0 Å². The molecular weight excluding hydrogens is 270 g/mol. The van der Waals surface area contributed by atoms with Crippen LogP contribution >= 0.6 is 0 Å². The third-order valence-corrected chi connectivity index (χ3v) is 4.04. The Kier molecular flexibility index (Phi) is 3.70. The number of non-ortho nitro benzene ring substituents is 1. The number of hydrogen-bond donors (Lipinski definition) is 1. The average Bonchev–Trinajstić information content (AvgIpc) is 2.53. The summed E-state index contributed by atoms with van der Waals surface area (Å²) in [7, 11) is 0. The van der Waals surface area contributed by atoms with E-state index in [1.807, 2.05) is 0 Å². The van der Waals surface area contributed by atoms with Gasteiger partial charge in [0.15, 0.2) is 0 Å². The van der Waals surface area contributed by atoms with Crippen LogP contribution in [0.1, 0.15) is 12.8 Å². The molecule has 21 heavy (non-hydrogen) atoms. The summed E-state index contributed by atoms with van der Waals surface area (Å²) in [6.07, 6.45) is 3.69. The van der Waals surface area contributed by atoms with Crippen molar-refractivity contribution in [3.05, 3.63) is 40.6 Å². The largest absolute Gasteiger partial charge is 0.396 e. The second kappa shape index (κ2) is 5.65. The van der Waals surface area contributed by atoms with Crippen molar-refractivity contribution in [3.63, 3.8) is 0 Å². The van der Waals surface area contributed by atoms with Crippen LogP contribution in [0.2, 0.25) is 0 Å². The number of aromatic nitrogens is 1. The van der Waals surface area contributed by atoms with Crippen LogP contribution in [-0.4, -0.2) is 34.7 Å². The van der Waals surface area contributed by atoms with E-state index in [0.717, 1.165) is 31.6 Å². The number of fused-ring (bicyclic) bond motifs is 1. The van der Waals surface area contributed by atoms with E-state index in [2.05, 4.69) is 9.88 Å². The van der Waals surface area contributed by atoms with Crippen molar-refractivity contribution in [2.75, 3.05) is 24.6 Å². The van der Waals surface area contributed by atoms with Gasteiger partial charge in [0, 0.05) is 32.0 Å². The molecule has 1 N–H and O–H groups in total. The van der Waals surface area contributed by atoms with Crippen LogP contribution < -0.4 is 4.90 Å². The fourth-order valence-electron chi connectivity index (χ4n) is 2.99. The summed E-state index contributed by atoms with van der Waals surface area (Å²) < 4.78 is 0. The molecule has 2 aromatic rings. The molecule has 1 aliphatic rings. The minimum absolute atomic E-state index is 0.0811. The standard InChI is InChI=1S/C15H17N3O3/c19-10-11-3-2-8-17(9-11)14-6-5-13(18(20)21)12-4-1-7-16-15(12)14/h1,4-7,11,19H,2-3,8-10H2. The number of hydrogen-bond acceptors (Lipinski definition) is 5. The number of nitrogens with zero attached hydrogens (tertiary/aromatic N) is 3. The highest BCUT2D eigenvalue weighted by molar-refractivity contribution is 5.97. The lowest BCUT2D eigenvalue weighted by molar-refractivity contribution is -0.383. The van der Waals surface area contributed by atoms with Gasteiger partial charge in [-0.1, -0.05) is 0 Å². The molecule has 0 spiro atoms. The van der Waals surface area contributed by atoms with Crippen molar-refractivity contribution < 1.29 is 10.0 Å². The topological polar surface area (TPSA) is 79.5 Å². The minimum Gasteiger partial charge on any atom is -0.396 e. The molecule has 1 aromatic carbocycles. The number of nitro groups is 1. The van der Waals surface area contributed by atoms with Gasteiger partial charge in [-0.25, -0.2) is 0 Å². The van der Waals surface area contributed by atoms with Crippen molar-refractivity contribution in [2.45, 2.75) is 12.8 Å². The van der Waals surface area contributed by atoms with Gasteiger partial charge in [-0.15, -0.1) is 0 Å². The molecule has 3 rings (SSSR count). The number of piperidine rings is 1. The van der Waals surface area contributed by atoms with Gasteiger partial charge in [0.05, 0.1) is 16.0 Å². The highest BCUT2D eigenvalue weighted by Gasteiger charge is 2.23. The Balaban J connectivity index is 2.07. The molecule has 1 atom stereocenters. The molecule has 0 saturated carbocycles. The van der Waals surface area contributed by atoms with E-state index >= 15 is 0 Å². The Morgan fingerprint density at radius 2 is 2.29 bits per heavy atom. The zero-order valence-electron chi connectivity index (χ0n) is 11.6. The molecular formula is C15H17N3O3. The normalized spacial score (nSPS) is 18.9. The van der Waals surface area contributed by atoms with E-state index in [9.17, 15) is 15.2 Å². The third-order valence-electron chi connectivity index (χ3n) is 4.04. The zero-order chi connectivity index (χ0) is 14.8. The van der Waals surface area contributed by atoms with Gasteiger partial charge in [0.25, 0.3) is 5.69 Å². The molecule has 2 heterocycles. The molecule has 0 radical (unpaired) electrons. The number of anilines is 1. The van der Waals surface area contributed by atoms with E-state index in [-0.39, 0.29) is 23.1 Å². The Bertz CT molecular complexity index is 674. The third kappa shape index (κ3) is 2.54. The highest BCUT2D eigenvalue weighted by Crippen LogP contribution is 2.33. The zero-order valence-corrected chi connectivity index (χ0v) is 11.6. The number of aliphatic hydroxyl groups is 1. The first kappa shape index (κ1) is 13.8. The SMILES string of the molecule is O=[N+]([O-])c1ccc(N2CCCC(CO)C2)c2ncccc12. The van der Waals surface area contributed by atoms with E-state index in [4.69, 9.17) is 0 Å². The number of aliphatic hydroxyl groups excluding tert-OH is 1. The quantitative estimate of drug-likeness (QED) is 0.692. The molecule has 110 valence electrons. The summed E-state index contributed by atoms with van der Waals surface area (Å²) in [5, 5.41) is 21.0. The van der Waals surface area contributed by atoms with E-state index in [1.165, 1.54) is 0 Å². The van der Waals surface area contributed by atoms with Gasteiger partial charge in [-0.2, -0.15) is 0 Å². The Labute approximate surface area is 122 Å². The molecule has 1 saturated heterocycles. The predicted octanol–water partition coefficient (Wildman–Crippen LogP) is 2.35. The van der Waals surface area contributed by atoms with Gasteiger partial charge in [-0.05, 0) is 37.0 Å². The summed E-state index contributed by atoms with van der Waals surface area (Å²) in [5.41, 5.74) is 1.65. The average molecular weight is 287 g/mol. The molecule has 0 bridgehead atoms. The molecule has 1 unspecified atom stereocenters. The van der Waals surface area contributed by atoms with Gasteiger partial charge < -0.3 is 10.0 Å². The molecule has 1 aromatic heterocycles. The lowest BCUT2D eigenvalue weighted by Crippen LogP contribution is -2.36. The first-order valence-electron chi connectivity index (χ1n) is 7.08. The monoisotopic (exact) mass is 287 g/mol. The second-order valence-electron chi connectivity index (χ2n) is 5.40. The maximum Gasteiger partial charge on any atom is 0.278 e. The number of benzene rings is 1. The van der Waals surface area contributed by atoms with Crippen LogP contribution in [-0.2, 0) is 0 Å². The summed E-state index contributed by atoms with van der Waals surface area (Å²) in [5.74, 6) is 0.257. The van der Waals surface area contributed by atoms with Crippen molar-refractivity contribution in [1.82, 2.24) is 4.98 Å².